The molecule has 5 N–H and O–H groups in total. The predicted octanol–water partition coefficient (Wildman–Crippen LogP) is 0.815. The van der Waals surface area contributed by atoms with E-state index in [4.69, 9.17) is 21.5 Å². The van der Waals surface area contributed by atoms with Crippen LogP contribution in [0.1, 0.15) is 24.1 Å². The molecule has 0 aliphatic rings. The SMILES string of the molecule is CCOc1cc(CC#N)cc([C@@H](N)CN)c1O. The lowest BCUT2D eigenvalue weighted by Gasteiger charge is -2.16. The molecule has 0 fully saturated rings. The standard InChI is InChI=1S/C12H17N3O2/c1-2-17-11-6-8(3-4-13)5-9(12(11)16)10(15)7-14/h5-6,10,16H,2-3,7,14-15H2,1H3/t10-/m0/s1. The minimum Gasteiger partial charge on any atom is -0.504 e. The average molecular weight is 235 g/mol. The molecule has 1 aromatic rings. The van der Waals surface area contributed by atoms with E-state index in [0.717, 1.165) is 5.56 Å². The molecule has 5 heteroatoms. The molecule has 0 amide bonds. The summed E-state index contributed by atoms with van der Waals surface area (Å²) in [6, 6.07) is 4.92. The summed E-state index contributed by atoms with van der Waals surface area (Å²) in [7, 11) is 0. The van der Waals surface area contributed by atoms with E-state index in [0.29, 0.717) is 17.9 Å². The van der Waals surface area contributed by atoms with Gasteiger partial charge in [-0.3, -0.25) is 0 Å². The predicted molar refractivity (Wildman–Crippen MR) is 64.6 cm³/mol. The number of aromatic hydroxyl groups is 1. The Morgan fingerprint density at radius 1 is 1.53 bits per heavy atom. The lowest BCUT2D eigenvalue weighted by Crippen LogP contribution is -2.21. The summed E-state index contributed by atoms with van der Waals surface area (Å²) < 4.78 is 5.30. The summed E-state index contributed by atoms with van der Waals surface area (Å²) in [6.07, 6.45) is 0.241. The van der Waals surface area contributed by atoms with E-state index in [-0.39, 0.29) is 18.7 Å². The van der Waals surface area contributed by atoms with Crippen LogP contribution in [-0.4, -0.2) is 18.3 Å². The minimum absolute atomic E-state index is 0.00601. The maximum Gasteiger partial charge on any atom is 0.162 e. The normalized spacial score (nSPS) is 11.9. The van der Waals surface area contributed by atoms with Crippen molar-refractivity contribution in [3.8, 4) is 17.6 Å². The molecule has 0 radical (unpaired) electrons. The molecule has 1 atom stereocenters. The topological polar surface area (TPSA) is 105 Å². The summed E-state index contributed by atoms with van der Waals surface area (Å²) in [5.74, 6) is 0.352. The molecule has 5 nitrogen and oxygen atoms in total. The number of hydrogen-bond donors (Lipinski definition) is 3. The first-order chi connectivity index (χ1) is 8.13. The highest BCUT2D eigenvalue weighted by molar-refractivity contribution is 5.50. The van der Waals surface area contributed by atoms with Gasteiger partial charge in [0.05, 0.1) is 19.1 Å². The van der Waals surface area contributed by atoms with Gasteiger partial charge in [0.2, 0.25) is 0 Å². The van der Waals surface area contributed by atoms with Crippen LogP contribution in [0.4, 0.5) is 0 Å². The largest absolute Gasteiger partial charge is 0.504 e. The van der Waals surface area contributed by atoms with Crippen molar-refractivity contribution >= 4 is 0 Å². The zero-order valence-corrected chi connectivity index (χ0v) is 9.81. The lowest BCUT2D eigenvalue weighted by molar-refractivity contribution is 0.315. The molecule has 1 aromatic carbocycles. The maximum absolute atomic E-state index is 9.97. The van der Waals surface area contributed by atoms with Gasteiger partial charge in [-0.15, -0.1) is 0 Å². The molecule has 0 unspecified atom stereocenters. The molecule has 0 aliphatic carbocycles. The van der Waals surface area contributed by atoms with Crippen molar-refractivity contribution in [1.82, 2.24) is 0 Å². The molecule has 92 valence electrons. The average Bonchev–Trinajstić information content (AvgIpc) is 2.32. The van der Waals surface area contributed by atoms with E-state index >= 15 is 0 Å². The highest BCUT2D eigenvalue weighted by atomic mass is 16.5. The smallest absolute Gasteiger partial charge is 0.162 e. The van der Waals surface area contributed by atoms with Gasteiger partial charge in [0, 0.05) is 18.2 Å². The number of rotatable bonds is 5. The fourth-order valence-electron chi connectivity index (χ4n) is 1.56. The Kier molecular flexibility index (Phi) is 4.76. The van der Waals surface area contributed by atoms with Gasteiger partial charge in [0.15, 0.2) is 11.5 Å². The molecule has 1 rings (SSSR count). The molecule has 0 saturated heterocycles. The van der Waals surface area contributed by atoms with Crippen molar-refractivity contribution in [2.75, 3.05) is 13.2 Å². The molecule has 0 spiro atoms. The van der Waals surface area contributed by atoms with E-state index < -0.39 is 6.04 Å². The number of hydrogen-bond acceptors (Lipinski definition) is 5. The Balaban J connectivity index is 3.22. The summed E-state index contributed by atoms with van der Waals surface area (Å²) in [6.45, 7) is 2.47. The van der Waals surface area contributed by atoms with Gasteiger partial charge in [0.25, 0.3) is 0 Å². The van der Waals surface area contributed by atoms with Crippen LogP contribution in [0.2, 0.25) is 0 Å². The number of benzene rings is 1. The summed E-state index contributed by atoms with van der Waals surface area (Å²) in [5, 5.41) is 18.7. The van der Waals surface area contributed by atoms with Gasteiger partial charge in [-0.05, 0) is 24.6 Å². The Labute approximate surface area is 101 Å². The van der Waals surface area contributed by atoms with Crippen molar-refractivity contribution in [3.05, 3.63) is 23.3 Å². The molecular formula is C12H17N3O2. The third kappa shape index (κ3) is 3.09. The first-order valence-corrected chi connectivity index (χ1v) is 5.45. The third-order valence-corrected chi connectivity index (χ3v) is 2.40. The maximum atomic E-state index is 9.97. The van der Waals surface area contributed by atoms with Gasteiger partial charge >= 0.3 is 0 Å². The zero-order valence-electron chi connectivity index (χ0n) is 9.81. The number of phenols is 1. The second kappa shape index (κ2) is 6.09. The number of nitrogens with zero attached hydrogens (tertiary/aromatic N) is 1. The van der Waals surface area contributed by atoms with Crippen molar-refractivity contribution in [2.45, 2.75) is 19.4 Å². The Morgan fingerprint density at radius 3 is 2.76 bits per heavy atom. The van der Waals surface area contributed by atoms with E-state index in [1.54, 1.807) is 12.1 Å². The fourth-order valence-corrected chi connectivity index (χ4v) is 1.56. The third-order valence-electron chi connectivity index (χ3n) is 2.40. The van der Waals surface area contributed by atoms with Crippen LogP contribution in [0.3, 0.4) is 0 Å². The van der Waals surface area contributed by atoms with Crippen LogP contribution in [0.15, 0.2) is 12.1 Å². The van der Waals surface area contributed by atoms with E-state index in [1.165, 1.54) is 0 Å². The highest BCUT2D eigenvalue weighted by Gasteiger charge is 2.15. The van der Waals surface area contributed by atoms with Gasteiger partial charge < -0.3 is 21.3 Å². The molecule has 0 bridgehead atoms. The molecular weight excluding hydrogens is 218 g/mol. The van der Waals surface area contributed by atoms with Crippen LogP contribution < -0.4 is 16.2 Å². The van der Waals surface area contributed by atoms with Gasteiger partial charge in [0.1, 0.15) is 0 Å². The minimum atomic E-state index is -0.465. The van der Waals surface area contributed by atoms with E-state index in [2.05, 4.69) is 0 Å². The van der Waals surface area contributed by atoms with Crippen LogP contribution in [0.25, 0.3) is 0 Å². The Hall–Kier alpha value is -1.77. The van der Waals surface area contributed by atoms with Gasteiger partial charge in [-0.1, -0.05) is 0 Å². The first kappa shape index (κ1) is 13.3. The molecule has 0 heterocycles. The van der Waals surface area contributed by atoms with E-state index in [1.807, 2.05) is 13.0 Å². The van der Waals surface area contributed by atoms with Crippen LogP contribution in [0.5, 0.6) is 11.5 Å². The second-order valence-corrected chi connectivity index (χ2v) is 3.64. The summed E-state index contributed by atoms with van der Waals surface area (Å²) >= 11 is 0. The fraction of sp³-hybridized carbons (Fsp3) is 0.417. The van der Waals surface area contributed by atoms with Crippen molar-refractivity contribution < 1.29 is 9.84 Å². The zero-order chi connectivity index (χ0) is 12.8. The molecule has 17 heavy (non-hydrogen) atoms. The van der Waals surface area contributed by atoms with Gasteiger partial charge in [-0.25, -0.2) is 0 Å². The monoisotopic (exact) mass is 235 g/mol. The van der Waals surface area contributed by atoms with Gasteiger partial charge in [-0.2, -0.15) is 5.26 Å². The quantitative estimate of drug-likeness (QED) is 0.700. The van der Waals surface area contributed by atoms with Crippen molar-refractivity contribution in [2.24, 2.45) is 11.5 Å². The number of nitriles is 1. The molecule has 0 saturated carbocycles. The van der Waals surface area contributed by atoms with E-state index in [9.17, 15) is 5.11 Å². The Morgan fingerprint density at radius 2 is 2.24 bits per heavy atom. The van der Waals surface area contributed by atoms with Crippen LogP contribution in [-0.2, 0) is 6.42 Å². The highest BCUT2D eigenvalue weighted by Crippen LogP contribution is 2.34. The van der Waals surface area contributed by atoms with Crippen molar-refractivity contribution in [1.29, 1.82) is 5.26 Å². The lowest BCUT2D eigenvalue weighted by atomic mass is 10.0. The number of ether oxygens (including phenoxy) is 1. The Bertz CT molecular complexity index is 426. The van der Waals surface area contributed by atoms with Crippen LogP contribution in [0, 0.1) is 11.3 Å². The number of nitrogens with two attached hydrogens (primary N) is 2. The first-order valence-electron chi connectivity index (χ1n) is 5.45. The molecule has 0 aromatic heterocycles. The molecule has 0 aliphatic heterocycles. The summed E-state index contributed by atoms with van der Waals surface area (Å²) in [4.78, 5) is 0. The summed E-state index contributed by atoms with van der Waals surface area (Å²) in [5.41, 5.74) is 12.6. The number of phenolic OH excluding ortho intramolecular Hbond substituents is 1. The van der Waals surface area contributed by atoms with Crippen molar-refractivity contribution in [3.63, 3.8) is 0 Å². The van der Waals surface area contributed by atoms with Crippen LogP contribution >= 0.6 is 0 Å². The second-order valence-electron chi connectivity index (χ2n) is 3.64.